The van der Waals surface area contributed by atoms with Crippen molar-refractivity contribution in [3.63, 3.8) is 0 Å². The molecule has 0 bridgehead atoms. The molecule has 1 N–H and O–H groups in total. The van der Waals surface area contributed by atoms with E-state index < -0.39 is 0 Å². The van der Waals surface area contributed by atoms with Crippen molar-refractivity contribution in [1.29, 1.82) is 5.26 Å². The fourth-order valence-corrected chi connectivity index (χ4v) is 1.32. The molecule has 13 heavy (non-hydrogen) atoms. The largest absolute Gasteiger partial charge is 0.508 e. The molecule has 1 heterocycles. The van der Waals surface area contributed by atoms with Crippen LogP contribution in [-0.2, 0) is 0 Å². The van der Waals surface area contributed by atoms with E-state index in [2.05, 4.69) is 0 Å². The van der Waals surface area contributed by atoms with Crippen molar-refractivity contribution in [3.8, 4) is 11.8 Å². The summed E-state index contributed by atoms with van der Waals surface area (Å²) in [7, 11) is 0. The third kappa shape index (κ3) is 1.04. The highest BCUT2D eigenvalue weighted by Crippen LogP contribution is 2.27. The predicted molar refractivity (Wildman–Crippen MR) is 47.3 cm³/mol. The zero-order chi connectivity index (χ0) is 9.42. The maximum absolute atomic E-state index is 9.21. The Kier molecular flexibility index (Phi) is 1.49. The molecular formula is C10H7NO2. The number of fused-ring (bicyclic) bond motifs is 1. The van der Waals surface area contributed by atoms with Crippen LogP contribution in [0.15, 0.2) is 22.6 Å². The number of rotatable bonds is 0. The Labute approximate surface area is 74.8 Å². The summed E-state index contributed by atoms with van der Waals surface area (Å²) < 4.78 is 5.23. The lowest BCUT2D eigenvalue weighted by Crippen LogP contribution is -1.71. The highest BCUT2D eigenvalue weighted by atomic mass is 16.3. The lowest BCUT2D eigenvalue weighted by atomic mass is 10.1. The molecule has 64 valence electrons. The monoisotopic (exact) mass is 173 g/mol. The molecule has 0 amide bonds. The number of phenols is 1. The zero-order valence-corrected chi connectivity index (χ0v) is 7.03. The van der Waals surface area contributed by atoms with E-state index in [4.69, 9.17) is 9.68 Å². The van der Waals surface area contributed by atoms with Crippen molar-refractivity contribution in [2.24, 2.45) is 0 Å². The fraction of sp³-hybridized carbons (Fsp3) is 0.100. The number of aromatic hydroxyl groups is 1. The van der Waals surface area contributed by atoms with E-state index in [1.54, 1.807) is 19.1 Å². The molecule has 2 rings (SSSR count). The Morgan fingerprint density at radius 3 is 2.92 bits per heavy atom. The van der Waals surface area contributed by atoms with Gasteiger partial charge in [0.2, 0.25) is 5.76 Å². The number of aryl methyl sites for hydroxylation is 1. The maximum Gasteiger partial charge on any atom is 0.207 e. The minimum absolute atomic E-state index is 0.181. The second-order valence-corrected chi connectivity index (χ2v) is 2.85. The SMILES string of the molecule is Cc1c(C#N)oc2ccc(O)cc12. The summed E-state index contributed by atoms with van der Waals surface area (Å²) in [5, 5.41) is 18.7. The predicted octanol–water partition coefficient (Wildman–Crippen LogP) is 2.32. The number of phenolic OH excluding ortho intramolecular Hbond substituents is 1. The van der Waals surface area contributed by atoms with Crippen LogP contribution in [0.2, 0.25) is 0 Å². The Hall–Kier alpha value is -1.95. The van der Waals surface area contributed by atoms with Gasteiger partial charge in [0.25, 0.3) is 0 Å². The van der Waals surface area contributed by atoms with Gasteiger partial charge >= 0.3 is 0 Å². The van der Waals surface area contributed by atoms with Crippen molar-refractivity contribution in [2.45, 2.75) is 6.92 Å². The second-order valence-electron chi connectivity index (χ2n) is 2.85. The van der Waals surface area contributed by atoms with Crippen molar-refractivity contribution >= 4 is 11.0 Å². The number of benzene rings is 1. The normalized spacial score (nSPS) is 10.2. The molecule has 0 saturated heterocycles. The Morgan fingerprint density at radius 2 is 2.23 bits per heavy atom. The number of hydrogen-bond acceptors (Lipinski definition) is 3. The Balaban J connectivity index is 2.87. The first-order valence-corrected chi connectivity index (χ1v) is 3.84. The van der Waals surface area contributed by atoms with Crippen molar-refractivity contribution in [1.82, 2.24) is 0 Å². The molecule has 1 aromatic heterocycles. The van der Waals surface area contributed by atoms with Crippen LogP contribution < -0.4 is 0 Å². The average molecular weight is 173 g/mol. The van der Waals surface area contributed by atoms with Gasteiger partial charge in [-0.2, -0.15) is 5.26 Å². The molecule has 2 aromatic rings. The van der Waals surface area contributed by atoms with E-state index in [-0.39, 0.29) is 5.75 Å². The topological polar surface area (TPSA) is 57.2 Å². The lowest BCUT2D eigenvalue weighted by Gasteiger charge is -1.90. The van der Waals surface area contributed by atoms with Gasteiger partial charge in [0.15, 0.2) is 0 Å². The van der Waals surface area contributed by atoms with Gasteiger partial charge in [-0.25, -0.2) is 0 Å². The minimum atomic E-state index is 0.181. The van der Waals surface area contributed by atoms with Crippen molar-refractivity contribution in [3.05, 3.63) is 29.5 Å². The highest BCUT2D eigenvalue weighted by Gasteiger charge is 2.09. The number of nitriles is 1. The summed E-state index contributed by atoms with van der Waals surface area (Å²) in [5.74, 6) is 0.487. The van der Waals surface area contributed by atoms with Crippen LogP contribution in [0.3, 0.4) is 0 Å². The molecule has 0 aliphatic carbocycles. The van der Waals surface area contributed by atoms with Gasteiger partial charge in [-0.15, -0.1) is 0 Å². The molecule has 0 spiro atoms. The van der Waals surface area contributed by atoms with E-state index in [0.717, 1.165) is 10.9 Å². The first-order chi connectivity index (χ1) is 6.22. The summed E-state index contributed by atoms with van der Waals surface area (Å²) in [6.45, 7) is 1.80. The lowest BCUT2D eigenvalue weighted by molar-refractivity contribution is 0.476. The fourth-order valence-electron chi connectivity index (χ4n) is 1.32. The van der Waals surface area contributed by atoms with Gasteiger partial charge in [0.05, 0.1) is 0 Å². The average Bonchev–Trinajstić information content (AvgIpc) is 2.44. The number of furan rings is 1. The number of hydrogen-bond donors (Lipinski definition) is 1. The van der Waals surface area contributed by atoms with Gasteiger partial charge in [-0.1, -0.05) is 0 Å². The van der Waals surface area contributed by atoms with E-state index in [1.807, 2.05) is 6.07 Å². The Bertz CT molecular complexity index is 505. The van der Waals surface area contributed by atoms with Crippen LogP contribution in [0.25, 0.3) is 11.0 Å². The van der Waals surface area contributed by atoms with Crippen LogP contribution in [0.4, 0.5) is 0 Å². The first kappa shape index (κ1) is 7.69. The van der Waals surface area contributed by atoms with Crippen LogP contribution in [0.5, 0.6) is 5.75 Å². The summed E-state index contributed by atoms with van der Waals surface area (Å²) in [4.78, 5) is 0. The summed E-state index contributed by atoms with van der Waals surface area (Å²) >= 11 is 0. The molecule has 1 aromatic carbocycles. The van der Waals surface area contributed by atoms with Crippen LogP contribution in [0.1, 0.15) is 11.3 Å². The van der Waals surface area contributed by atoms with Crippen LogP contribution >= 0.6 is 0 Å². The third-order valence-electron chi connectivity index (χ3n) is 2.02. The van der Waals surface area contributed by atoms with E-state index in [9.17, 15) is 5.11 Å². The third-order valence-corrected chi connectivity index (χ3v) is 2.02. The minimum Gasteiger partial charge on any atom is -0.508 e. The molecule has 0 saturated carbocycles. The molecule has 0 aliphatic rings. The zero-order valence-electron chi connectivity index (χ0n) is 7.03. The van der Waals surface area contributed by atoms with Gasteiger partial charge in [-0.05, 0) is 25.1 Å². The molecule has 0 fully saturated rings. The maximum atomic E-state index is 9.21. The number of nitrogens with zero attached hydrogens (tertiary/aromatic N) is 1. The van der Waals surface area contributed by atoms with Crippen molar-refractivity contribution < 1.29 is 9.52 Å². The van der Waals surface area contributed by atoms with Crippen molar-refractivity contribution in [2.75, 3.05) is 0 Å². The summed E-state index contributed by atoms with van der Waals surface area (Å²) in [6.07, 6.45) is 0. The highest BCUT2D eigenvalue weighted by molar-refractivity contribution is 5.84. The van der Waals surface area contributed by atoms with Gasteiger partial charge in [0, 0.05) is 10.9 Å². The van der Waals surface area contributed by atoms with E-state index in [0.29, 0.717) is 11.3 Å². The smallest absolute Gasteiger partial charge is 0.207 e. The Morgan fingerprint density at radius 1 is 1.46 bits per heavy atom. The van der Waals surface area contributed by atoms with Gasteiger partial charge in [-0.3, -0.25) is 0 Å². The molecule has 3 heteroatoms. The van der Waals surface area contributed by atoms with Crippen LogP contribution in [-0.4, -0.2) is 5.11 Å². The molecule has 0 aliphatic heterocycles. The summed E-state index contributed by atoms with van der Waals surface area (Å²) in [6, 6.07) is 6.73. The molecule has 0 unspecified atom stereocenters. The van der Waals surface area contributed by atoms with E-state index in [1.165, 1.54) is 6.07 Å². The molecule has 0 radical (unpaired) electrons. The second kappa shape index (κ2) is 2.53. The standard InChI is InChI=1S/C10H7NO2/c1-6-8-4-7(12)2-3-9(8)13-10(6)5-11/h2-4,12H,1H3. The molecule has 0 atom stereocenters. The van der Waals surface area contributed by atoms with Crippen LogP contribution in [0, 0.1) is 18.3 Å². The van der Waals surface area contributed by atoms with Gasteiger partial charge < -0.3 is 9.52 Å². The van der Waals surface area contributed by atoms with E-state index >= 15 is 0 Å². The first-order valence-electron chi connectivity index (χ1n) is 3.84. The summed E-state index contributed by atoms with van der Waals surface area (Å²) in [5.41, 5.74) is 1.40. The molecular weight excluding hydrogens is 166 g/mol. The quantitative estimate of drug-likeness (QED) is 0.665. The molecule has 3 nitrogen and oxygen atoms in total. The van der Waals surface area contributed by atoms with Gasteiger partial charge in [0.1, 0.15) is 17.4 Å².